The minimum atomic E-state index is 0.0182. The lowest BCUT2D eigenvalue weighted by Crippen LogP contribution is -2.14. The molecule has 1 heterocycles. The summed E-state index contributed by atoms with van der Waals surface area (Å²) in [4.78, 5) is 20.0. The summed E-state index contributed by atoms with van der Waals surface area (Å²) in [6.45, 7) is 0. The maximum absolute atomic E-state index is 12.0. The fourth-order valence-electron chi connectivity index (χ4n) is 2.40. The van der Waals surface area contributed by atoms with Crippen LogP contribution in [0.2, 0.25) is 0 Å². The molecule has 1 aliphatic carbocycles. The number of amides is 1. The third kappa shape index (κ3) is 3.91. The van der Waals surface area contributed by atoms with E-state index in [9.17, 15) is 4.79 Å². The van der Waals surface area contributed by atoms with Crippen molar-refractivity contribution in [2.75, 3.05) is 5.32 Å². The Labute approximate surface area is 129 Å². The topological polar surface area (TPSA) is 64.1 Å². The maximum Gasteiger partial charge on any atom is 0.321 e. The van der Waals surface area contributed by atoms with Crippen LogP contribution in [0, 0.1) is 5.92 Å². The van der Waals surface area contributed by atoms with Crippen LogP contribution < -0.4 is 10.1 Å². The largest absolute Gasteiger partial charge is 0.424 e. The number of benzene rings is 1. The van der Waals surface area contributed by atoms with Crippen LogP contribution in [0.4, 0.5) is 5.69 Å². The van der Waals surface area contributed by atoms with Gasteiger partial charge in [0.25, 0.3) is 0 Å². The van der Waals surface area contributed by atoms with Crippen LogP contribution in [0.15, 0.2) is 54.9 Å². The average Bonchev–Trinajstić information content (AvgIpc) is 3.01. The van der Waals surface area contributed by atoms with Gasteiger partial charge in [0.15, 0.2) is 0 Å². The van der Waals surface area contributed by atoms with Crippen molar-refractivity contribution in [2.24, 2.45) is 5.92 Å². The van der Waals surface area contributed by atoms with E-state index in [2.05, 4.69) is 27.4 Å². The molecule has 0 spiro atoms. The zero-order valence-corrected chi connectivity index (χ0v) is 12.1. The molecule has 2 aromatic rings. The van der Waals surface area contributed by atoms with E-state index in [-0.39, 0.29) is 11.9 Å². The molecule has 1 aromatic carbocycles. The number of nitrogens with zero attached hydrogens (tertiary/aromatic N) is 2. The minimum absolute atomic E-state index is 0.0182. The highest BCUT2D eigenvalue weighted by Gasteiger charge is 2.14. The van der Waals surface area contributed by atoms with Crippen molar-refractivity contribution < 1.29 is 9.53 Å². The van der Waals surface area contributed by atoms with Crippen molar-refractivity contribution in [3.05, 3.63) is 54.9 Å². The number of carbonyl (C=O) groups excluding carboxylic acids is 1. The Kier molecular flexibility index (Phi) is 4.44. The predicted octanol–water partition coefficient (Wildman–Crippen LogP) is 3.56. The van der Waals surface area contributed by atoms with Crippen LogP contribution in [0.1, 0.15) is 19.3 Å². The van der Waals surface area contributed by atoms with Gasteiger partial charge in [0, 0.05) is 30.6 Å². The molecule has 5 heteroatoms. The second-order valence-electron chi connectivity index (χ2n) is 5.18. The van der Waals surface area contributed by atoms with Crippen LogP contribution in [0.25, 0.3) is 0 Å². The number of nitrogens with one attached hydrogen (secondary N) is 1. The molecule has 112 valence electrons. The van der Waals surface area contributed by atoms with Crippen LogP contribution in [0.3, 0.4) is 0 Å². The molecule has 0 fully saturated rings. The molecule has 22 heavy (non-hydrogen) atoms. The lowest BCUT2D eigenvalue weighted by molar-refractivity contribution is -0.116. The molecule has 1 amide bonds. The molecule has 0 aliphatic heterocycles. The number of aromatic nitrogens is 2. The monoisotopic (exact) mass is 295 g/mol. The Bertz CT molecular complexity index is 671. The van der Waals surface area contributed by atoms with Crippen molar-refractivity contribution in [2.45, 2.75) is 19.3 Å². The van der Waals surface area contributed by atoms with E-state index in [1.807, 2.05) is 12.1 Å². The molecule has 1 aliphatic rings. The van der Waals surface area contributed by atoms with E-state index < -0.39 is 0 Å². The molecule has 3 rings (SSSR count). The van der Waals surface area contributed by atoms with Crippen LogP contribution in [0.5, 0.6) is 11.8 Å². The molecule has 1 atom stereocenters. The number of hydrogen-bond acceptors (Lipinski definition) is 4. The lowest BCUT2D eigenvalue weighted by Gasteiger charge is -2.10. The molecular formula is C17H17N3O2. The number of hydrogen-bond donors (Lipinski definition) is 1. The molecule has 5 nitrogen and oxygen atoms in total. The summed E-state index contributed by atoms with van der Waals surface area (Å²) >= 11 is 0. The van der Waals surface area contributed by atoms with Crippen molar-refractivity contribution >= 4 is 11.6 Å². The molecule has 0 radical (unpaired) electrons. The second kappa shape index (κ2) is 6.85. The molecule has 0 unspecified atom stereocenters. The number of rotatable bonds is 5. The maximum atomic E-state index is 12.0. The SMILES string of the molecule is O=C(C[C@@H]1C=CCC1)Nc1cccc(Oc2ncccn2)c1. The van der Waals surface area contributed by atoms with Crippen molar-refractivity contribution in [1.29, 1.82) is 0 Å². The van der Waals surface area contributed by atoms with Gasteiger partial charge in [0.2, 0.25) is 5.91 Å². The van der Waals surface area contributed by atoms with Crippen molar-refractivity contribution in [3.63, 3.8) is 0 Å². The molecular weight excluding hydrogens is 278 g/mol. The van der Waals surface area contributed by atoms with Gasteiger partial charge in [0.05, 0.1) is 0 Å². The van der Waals surface area contributed by atoms with E-state index in [1.165, 1.54) is 0 Å². The smallest absolute Gasteiger partial charge is 0.321 e. The highest BCUT2D eigenvalue weighted by Crippen LogP contribution is 2.23. The summed E-state index contributed by atoms with van der Waals surface area (Å²) in [5.74, 6) is 0.964. The standard InChI is InChI=1S/C17H17N3O2/c21-16(11-13-5-1-2-6-13)20-14-7-3-8-15(12-14)22-17-18-9-4-10-19-17/h1,3-5,7-10,12-13H,2,6,11H2,(H,20,21)/t13-/m1/s1. The van der Waals surface area contributed by atoms with Gasteiger partial charge < -0.3 is 10.1 Å². The first kappa shape index (κ1) is 14.3. The van der Waals surface area contributed by atoms with Crippen LogP contribution in [-0.4, -0.2) is 15.9 Å². The zero-order chi connectivity index (χ0) is 15.2. The van der Waals surface area contributed by atoms with E-state index in [4.69, 9.17) is 4.74 Å². The van der Waals surface area contributed by atoms with Gasteiger partial charge in [-0.2, -0.15) is 0 Å². The summed E-state index contributed by atoms with van der Waals surface area (Å²) in [6.07, 6.45) is 10.1. The summed E-state index contributed by atoms with van der Waals surface area (Å²) in [5, 5.41) is 2.90. The van der Waals surface area contributed by atoms with Crippen LogP contribution in [-0.2, 0) is 4.79 Å². The lowest BCUT2D eigenvalue weighted by atomic mass is 10.1. The van der Waals surface area contributed by atoms with E-state index >= 15 is 0 Å². The molecule has 1 aromatic heterocycles. The fraction of sp³-hybridized carbons (Fsp3) is 0.235. The summed E-state index contributed by atoms with van der Waals surface area (Å²) in [7, 11) is 0. The Balaban J connectivity index is 1.61. The van der Waals surface area contributed by atoms with Gasteiger partial charge in [-0.15, -0.1) is 0 Å². The summed E-state index contributed by atoms with van der Waals surface area (Å²) < 4.78 is 5.55. The minimum Gasteiger partial charge on any atom is -0.424 e. The number of allylic oxidation sites excluding steroid dienone is 2. The zero-order valence-electron chi connectivity index (χ0n) is 12.1. The van der Waals surface area contributed by atoms with Gasteiger partial charge in [-0.1, -0.05) is 18.2 Å². The van der Waals surface area contributed by atoms with Crippen molar-refractivity contribution in [3.8, 4) is 11.8 Å². The summed E-state index contributed by atoms with van der Waals surface area (Å²) in [6, 6.07) is 9.22. The van der Waals surface area contributed by atoms with Gasteiger partial charge in [-0.3, -0.25) is 4.79 Å². The first-order valence-corrected chi connectivity index (χ1v) is 7.31. The molecule has 0 saturated carbocycles. The molecule has 1 N–H and O–H groups in total. The average molecular weight is 295 g/mol. The fourth-order valence-corrected chi connectivity index (χ4v) is 2.40. The number of ether oxygens (including phenoxy) is 1. The Morgan fingerprint density at radius 2 is 2.14 bits per heavy atom. The third-order valence-electron chi connectivity index (χ3n) is 3.43. The van der Waals surface area contributed by atoms with E-state index in [0.29, 0.717) is 23.8 Å². The normalized spacial score (nSPS) is 16.5. The molecule has 0 saturated heterocycles. The van der Waals surface area contributed by atoms with Gasteiger partial charge >= 0.3 is 6.01 Å². The number of anilines is 1. The second-order valence-corrected chi connectivity index (χ2v) is 5.18. The Morgan fingerprint density at radius 1 is 1.27 bits per heavy atom. The first-order valence-electron chi connectivity index (χ1n) is 7.31. The van der Waals surface area contributed by atoms with E-state index in [0.717, 1.165) is 12.8 Å². The Morgan fingerprint density at radius 3 is 2.91 bits per heavy atom. The highest BCUT2D eigenvalue weighted by molar-refractivity contribution is 5.91. The highest BCUT2D eigenvalue weighted by atomic mass is 16.5. The van der Waals surface area contributed by atoms with Gasteiger partial charge in [-0.05, 0) is 37.0 Å². The Hall–Kier alpha value is -2.69. The summed E-state index contributed by atoms with van der Waals surface area (Å²) in [5.41, 5.74) is 0.709. The van der Waals surface area contributed by atoms with Crippen LogP contribution >= 0.6 is 0 Å². The van der Waals surface area contributed by atoms with E-state index in [1.54, 1.807) is 30.6 Å². The number of carbonyl (C=O) groups is 1. The van der Waals surface area contributed by atoms with Gasteiger partial charge in [-0.25, -0.2) is 9.97 Å². The molecule has 0 bridgehead atoms. The first-order chi connectivity index (χ1) is 10.8. The third-order valence-corrected chi connectivity index (χ3v) is 3.43. The predicted molar refractivity (Wildman–Crippen MR) is 83.7 cm³/mol. The van der Waals surface area contributed by atoms with Gasteiger partial charge in [0.1, 0.15) is 5.75 Å². The quantitative estimate of drug-likeness (QED) is 0.857. The van der Waals surface area contributed by atoms with Crippen molar-refractivity contribution in [1.82, 2.24) is 9.97 Å².